The van der Waals surface area contributed by atoms with Crippen LogP contribution in [0.25, 0.3) is 0 Å². The Balaban J connectivity index is 1.98. The molecule has 0 aromatic heterocycles. The lowest BCUT2D eigenvalue weighted by Gasteiger charge is -2.52. The molecule has 0 spiro atoms. The van der Waals surface area contributed by atoms with E-state index in [-0.39, 0.29) is 0 Å². The van der Waals surface area contributed by atoms with Crippen molar-refractivity contribution in [1.82, 2.24) is 9.80 Å². The average Bonchev–Trinajstić information content (AvgIpc) is 2.41. The monoisotopic (exact) mass is 253 g/mol. The normalized spacial score (nSPS) is 30.5. The highest BCUT2D eigenvalue weighted by atomic mass is 15.3. The van der Waals surface area contributed by atoms with Crippen molar-refractivity contribution in [2.45, 2.75) is 64.0 Å². The minimum Gasteiger partial charge on any atom is -0.329 e. The molecule has 0 bridgehead atoms. The van der Waals surface area contributed by atoms with Crippen LogP contribution in [-0.2, 0) is 0 Å². The van der Waals surface area contributed by atoms with Crippen molar-refractivity contribution in [3.63, 3.8) is 0 Å². The number of hydrogen-bond acceptors (Lipinski definition) is 3. The molecule has 0 aromatic rings. The minimum absolute atomic E-state index is 0.310. The van der Waals surface area contributed by atoms with E-state index in [1.165, 1.54) is 64.7 Å². The fourth-order valence-electron chi connectivity index (χ4n) is 3.92. The van der Waals surface area contributed by atoms with Crippen molar-refractivity contribution >= 4 is 0 Å². The lowest BCUT2D eigenvalue weighted by molar-refractivity contribution is -0.0149. The van der Waals surface area contributed by atoms with E-state index in [0.717, 1.165) is 12.6 Å². The smallest absolute Gasteiger partial charge is 0.0358 e. The summed E-state index contributed by atoms with van der Waals surface area (Å²) in [6.45, 7) is 10.5. The third kappa shape index (κ3) is 2.89. The van der Waals surface area contributed by atoms with Crippen LogP contribution in [-0.4, -0.2) is 54.1 Å². The number of likely N-dealkylation sites (tertiary alicyclic amines) is 2. The Morgan fingerprint density at radius 3 is 2.44 bits per heavy atom. The molecule has 2 heterocycles. The number of rotatable bonds is 4. The zero-order chi connectivity index (χ0) is 13.0. The molecular weight excluding hydrogens is 222 g/mol. The zero-order valence-corrected chi connectivity index (χ0v) is 12.3. The molecule has 2 aliphatic rings. The Kier molecular flexibility index (Phi) is 5.05. The molecule has 0 radical (unpaired) electrons. The van der Waals surface area contributed by atoms with Crippen molar-refractivity contribution in [3.8, 4) is 0 Å². The number of nitrogens with two attached hydrogens (primary N) is 1. The summed E-state index contributed by atoms with van der Waals surface area (Å²) in [4.78, 5) is 5.36. The highest BCUT2D eigenvalue weighted by Gasteiger charge is 2.41. The molecule has 18 heavy (non-hydrogen) atoms. The number of hydrogen-bond donors (Lipinski definition) is 1. The zero-order valence-electron chi connectivity index (χ0n) is 12.3. The maximum absolute atomic E-state index is 6.19. The Morgan fingerprint density at radius 1 is 1.17 bits per heavy atom. The summed E-state index contributed by atoms with van der Waals surface area (Å²) < 4.78 is 0. The molecule has 2 fully saturated rings. The molecule has 2 saturated heterocycles. The van der Waals surface area contributed by atoms with Gasteiger partial charge in [0.25, 0.3) is 0 Å². The second kappa shape index (κ2) is 6.36. The van der Waals surface area contributed by atoms with Gasteiger partial charge in [-0.15, -0.1) is 0 Å². The van der Waals surface area contributed by atoms with E-state index >= 15 is 0 Å². The number of nitrogens with zero attached hydrogens (tertiary/aromatic N) is 2. The van der Waals surface area contributed by atoms with Gasteiger partial charge in [0.05, 0.1) is 0 Å². The second-order valence-corrected chi connectivity index (χ2v) is 6.31. The van der Waals surface area contributed by atoms with Gasteiger partial charge in [0.15, 0.2) is 0 Å². The summed E-state index contributed by atoms with van der Waals surface area (Å²) in [7, 11) is 0. The highest BCUT2D eigenvalue weighted by molar-refractivity contribution is 4.99. The summed E-state index contributed by atoms with van der Waals surface area (Å²) in [6.07, 6.45) is 7.95. The van der Waals surface area contributed by atoms with Crippen molar-refractivity contribution < 1.29 is 0 Å². The fraction of sp³-hybridized carbons (Fsp3) is 1.00. The fourth-order valence-corrected chi connectivity index (χ4v) is 3.92. The van der Waals surface area contributed by atoms with Gasteiger partial charge in [0.1, 0.15) is 0 Å². The van der Waals surface area contributed by atoms with Gasteiger partial charge in [-0.1, -0.05) is 13.3 Å². The Labute approximate surface area is 113 Å². The van der Waals surface area contributed by atoms with Crippen LogP contribution in [0.4, 0.5) is 0 Å². The molecule has 2 rings (SSSR count). The van der Waals surface area contributed by atoms with Crippen LogP contribution in [0.15, 0.2) is 0 Å². The van der Waals surface area contributed by atoms with E-state index in [4.69, 9.17) is 5.73 Å². The summed E-state index contributed by atoms with van der Waals surface area (Å²) >= 11 is 0. The van der Waals surface area contributed by atoms with Crippen LogP contribution in [0, 0.1) is 0 Å². The largest absolute Gasteiger partial charge is 0.329 e. The van der Waals surface area contributed by atoms with Crippen LogP contribution in [0.3, 0.4) is 0 Å². The van der Waals surface area contributed by atoms with Crippen LogP contribution >= 0.6 is 0 Å². The van der Waals surface area contributed by atoms with Gasteiger partial charge in [-0.25, -0.2) is 0 Å². The Hall–Kier alpha value is -0.120. The lowest BCUT2D eigenvalue weighted by atomic mass is 9.82. The van der Waals surface area contributed by atoms with Crippen molar-refractivity contribution in [2.24, 2.45) is 5.73 Å². The summed E-state index contributed by atoms with van der Waals surface area (Å²) in [6, 6.07) is 0.736. The molecular formula is C15H31N3. The Bertz CT molecular complexity index is 246. The maximum Gasteiger partial charge on any atom is 0.0358 e. The predicted octanol–water partition coefficient (Wildman–Crippen LogP) is 2.06. The third-order valence-electron chi connectivity index (χ3n) is 5.12. The molecule has 3 heteroatoms. The first-order valence-corrected chi connectivity index (χ1v) is 7.91. The van der Waals surface area contributed by atoms with Gasteiger partial charge in [-0.05, 0) is 65.2 Å². The summed E-state index contributed by atoms with van der Waals surface area (Å²) in [5, 5.41) is 0. The topological polar surface area (TPSA) is 32.5 Å². The minimum atomic E-state index is 0.310. The summed E-state index contributed by atoms with van der Waals surface area (Å²) in [5.74, 6) is 0. The number of piperidine rings is 2. The van der Waals surface area contributed by atoms with Crippen molar-refractivity contribution in [3.05, 3.63) is 0 Å². The van der Waals surface area contributed by atoms with Gasteiger partial charge in [-0.3, -0.25) is 4.90 Å². The summed E-state index contributed by atoms with van der Waals surface area (Å²) in [5.41, 5.74) is 6.50. The molecule has 1 atom stereocenters. The molecule has 0 amide bonds. The molecule has 0 aliphatic carbocycles. The lowest BCUT2D eigenvalue weighted by Crippen LogP contribution is -2.62. The van der Waals surface area contributed by atoms with E-state index in [0.29, 0.717) is 5.54 Å². The molecule has 0 aromatic carbocycles. The molecule has 3 nitrogen and oxygen atoms in total. The SMILES string of the molecule is CCCN1CCC(CN)(N2CCCCC2C)CC1. The first-order chi connectivity index (χ1) is 8.72. The van der Waals surface area contributed by atoms with Crippen molar-refractivity contribution in [1.29, 1.82) is 0 Å². The molecule has 1 unspecified atom stereocenters. The third-order valence-corrected chi connectivity index (χ3v) is 5.12. The second-order valence-electron chi connectivity index (χ2n) is 6.31. The van der Waals surface area contributed by atoms with Crippen LogP contribution in [0.5, 0.6) is 0 Å². The van der Waals surface area contributed by atoms with Gasteiger partial charge in [0, 0.05) is 18.1 Å². The van der Waals surface area contributed by atoms with Crippen LogP contribution in [0.1, 0.15) is 52.4 Å². The van der Waals surface area contributed by atoms with Gasteiger partial charge < -0.3 is 10.6 Å². The van der Waals surface area contributed by atoms with Crippen LogP contribution < -0.4 is 5.73 Å². The maximum atomic E-state index is 6.19. The van der Waals surface area contributed by atoms with Crippen molar-refractivity contribution in [2.75, 3.05) is 32.7 Å². The van der Waals surface area contributed by atoms with E-state index in [1.54, 1.807) is 0 Å². The predicted molar refractivity (Wildman–Crippen MR) is 77.8 cm³/mol. The van der Waals surface area contributed by atoms with Gasteiger partial charge >= 0.3 is 0 Å². The van der Waals surface area contributed by atoms with E-state index in [9.17, 15) is 0 Å². The quantitative estimate of drug-likeness (QED) is 0.832. The van der Waals surface area contributed by atoms with Crippen LogP contribution in [0.2, 0.25) is 0 Å². The molecule has 2 aliphatic heterocycles. The first-order valence-electron chi connectivity index (χ1n) is 7.91. The van der Waals surface area contributed by atoms with E-state index in [1.807, 2.05) is 0 Å². The van der Waals surface area contributed by atoms with E-state index < -0.39 is 0 Å². The van der Waals surface area contributed by atoms with E-state index in [2.05, 4.69) is 23.6 Å². The highest BCUT2D eigenvalue weighted by Crippen LogP contribution is 2.33. The van der Waals surface area contributed by atoms with Gasteiger partial charge in [-0.2, -0.15) is 0 Å². The Morgan fingerprint density at radius 2 is 1.89 bits per heavy atom. The first kappa shape index (κ1) is 14.3. The van der Waals surface area contributed by atoms with Gasteiger partial charge in [0.2, 0.25) is 0 Å². The molecule has 2 N–H and O–H groups in total. The molecule has 0 saturated carbocycles. The average molecular weight is 253 g/mol. The molecule has 106 valence electrons. The standard InChI is InChI=1S/C15H31N3/c1-3-9-17-11-7-15(13-16,8-12-17)18-10-5-4-6-14(18)2/h14H,3-13,16H2,1-2H3.